The molecule has 1 heterocycles. The van der Waals surface area contributed by atoms with Crippen LogP contribution in [0, 0.1) is 6.92 Å². The Morgan fingerprint density at radius 3 is 2.33 bits per heavy atom. The van der Waals surface area contributed by atoms with E-state index in [0.29, 0.717) is 24.6 Å². The molecule has 124 valence electrons. The van der Waals surface area contributed by atoms with E-state index in [9.17, 15) is 9.59 Å². The Labute approximate surface area is 141 Å². The summed E-state index contributed by atoms with van der Waals surface area (Å²) in [6.07, 6.45) is 1.88. The summed E-state index contributed by atoms with van der Waals surface area (Å²) in [7, 11) is 0. The molecule has 24 heavy (non-hydrogen) atoms. The molecule has 3 rings (SSSR count). The van der Waals surface area contributed by atoms with Gasteiger partial charge in [0.25, 0.3) is 5.91 Å². The summed E-state index contributed by atoms with van der Waals surface area (Å²) < 4.78 is 0. The summed E-state index contributed by atoms with van der Waals surface area (Å²) in [4.78, 5) is 25.5. The lowest BCUT2D eigenvalue weighted by Gasteiger charge is -2.33. The minimum Gasteiger partial charge on any atom is -0.478 e. The number of benzene rings is 2. The first kappa shape index (κ1) is 16.2. The van der Waals surface area contributed by atoms with Gasteiger partial charge in [-0.1, -0.05) is 30.3 Å². The van der Waals surface area contributed by atoms with E-state index in [4.69, 9.17) is 5.11 Å². The Morgan fingerprint density at radius 2 is 1.67 bits per heavy atom. The summed E-state index contributed by atoms with van der Waals surface area (Å²) in [5.41, 5.74) is 3.27. The van der Waals surface area contributed by atoms with Crippen LogP contribution in [0.25, 0.3) is 0 Å². The number of aryl methyl sites for hydroxylation is 1. The number of hydrogen-bond donors (Lipinski definition) is 1. The third kappa shape index (κ3) is 3.32. The highest BCUT2D eigenvalue weighted by Gasteiger charge is 2.25. The fourth-order valence-electron chi connectivity index (χ4n) is 3.41. The summed E-state index contributed by atoms with van der Waals surface area (Å²) in [6.45, 7) is 3.54. The molecule has 1 aliphatic rings. The minimum absolute atomic E-state index is 0.0821. The molecule has 1 amide bonds. The van der Waals surface area contributed by atoms with Crippen LogP contribution >= 0.6 is 0 Å². The first-order valence-corrected chi connectivity index (χ1v) is 8.24. The molecule has 0 aromatic heterocycles. The summed E-state index contributed by atoms with van der Waals surface area (Å²) in [5, 5.41) is 9.06. The Balaban J connectivity index is 1.68. The molecule has 0 atom stereocenters. The van der Waals surface area contributed by atoms with E-state index in [0.717, 1.165) is 12.8 Å². The van der Waals surface area contributed by atoms with Gasteiger partial charge in [-0.15, -0.1) is 0 Å². The van der Waals surface area contributed by atoms with Crippen LogP contribution in [0.5, 0.6) is 0 Å². The van der Waals surface area contributed by atoms with Gasteiger partial charge in [-0.25, -0.2) is 4.79 Å². The van der Waals surface area contributed by atoms with Gasteiger partial charge in [0, 0.05) is 18.7 Å². The van der Waals surface area contributed by atoms with Crippen molar-refractivity contribution >= 4 is 11.9 Å². The number of likely N-dealkylation sites (tertiary alicyclic amines) is 1. The van der Waals surface area contributed by atoms with E-state index in [1.54, 1.807) is 12.1 Å². The molecule has 2 aromatic carbocycles. The molecule has 1 aliphatic heterocycles. The normalized spacial score (nSPS) is 15.3. The van der Waals surface area contributed by atoms with Crippen molar-refractivity contribution in [2.75, 3.05) is 13.1 Å². The third-order valence-electron chi connectivity index (χ3n) is 4.77. The molecule has 4 heteroatoms. The average Bonchev–Trinajstić information content (AvgIpc) is 2.62. The molecular formula is C20H21NO3. The van der Waals surface area contributed by atoms with Crippen LogP contribution in [0.15, 0.2) is 48.5 Å². The second-order valence-corrected chi connectivity index (χ2v) is 6.31. The number of carbonyl (C=O) groups excluding carboxylic acids is 1. The van der Waals surface area contributed by atoms with Gasteiger partial charge in [-0.3, -0.25) is 4.79 Å². The molecule has 0 bridgehead atoms. The van der Waals surface area contributed by atoms with Crippen molar-refractivity contribution in [1.29, 1.82) is 0 Å². The lowest BCUT2D eigenvalue weighted by molar-refractivity contribution is 0.0697. The standard InChI is InChI=1S/C20H21NO3/c1-14-5-2-3-8-18(14)15-9-11-21(12-10-15)19(22)16-6-4-7-17(13-16)20(23)24/h2-8,13,15H,9-12H2,1H3,(H,23,24). The molecule has 1 fully saturated rings. The summed E-state index contributed by atoms with van der Waals surface area (Å²) in [5.74, 6) is -0.607. The van der Waals surface area contributed by atoms with E-state index in [1.165, 1.54) is 23.3 Å². The highest BCUT2D eigenvalue weighted by molar-refractivity contribution is 5.97. The van der Waals surface area contributed by atoms with Crippen LogP contribution in [-0.2, 0) is 0 Å². The Hall–Kier alpha value is -2.62. The lowest BCUT2D eigenvalue weighted by atomic mass is 9.87. The smallest absolute Gasteiger partial charge is 0.335 e. The van der Waals surface area contributed by atoms with Gasteiger partial charge in [0.05, 0.1) is 5.56 Å². The molecule has 2 aromatic rings. The third-order valence-corrected chi connectivity index (χ3v) is 4.77. The number of aromatic carboxylic acids is 1. The van der Waals surface area contributed by atoms with E-state index in [2.05, 4.69) is 25.1 Å². The molecule has 1 saturated heterocycles. The van der Waals surface area contributed by atoms with Crippen molar-refractivity contribution in [1.82, 2.24) is 4.90 Å². The second kappa shape index (κ2) is 6.87. The maximum absolute atomic E-state index is 12.6. The van der Waals surface area contributed by atoms with E-state index in [1.807, 2.05) is 11.0 Å². The number of carboxylic acids is 1. The van der Waals surface area contributed by atoms with Crippen molar-refractivity contribution in [3.8, 4) is 0 Å². The van der Waals surface area contributed by atoms with Crippen molar-refractivity contribution in [3.63, 3.8) is 0 Å². The van der Waals surface area contributed by atoms with E-state index >= 15 is 0 Å². The summed E-state index contributed by atoms with van der Waals surface area (Å²) in [6, 6.07) is 14.7. The van der Waals surface area contributed by atoms with Crippen LogP contribution in [0.4, 0.5) is 0 Å². The maximum Gasteiger partial charge on any atom is 0.335 e. The van der Waals surface area contributed by atoms with Gasteiger partial charge in [0.15, 0.2) is 0 Å². The lowest BCUT2D eigenvalue weighted by Crippen LogP contribution is -2.38. The van der Waals surface area contributed by atoms with Crippen LogP contribution in [0.3, 0.4) is 0 Å². The highest BCUT2D eigenvalue weighted by Crippen LogP contribution is 2.30. The molecule has 1 N–H and O–H groups in total. The van der Waals surface area contributed by atoms with Crippen LogP contribution in [0.1, 0.15) is 50.6 Å². The molecule has 0 radical (unpaired) electrons. The first-order valence-electron chi connectivity index (χ1n) is 8.24. The Bertz CT molecular complexity index is 761. The van der Waals surface area contributed by atoms with Crippen molar-refractivity contribution in [2.45, 2.75) is 25.7 Å². The number of carbonyl (C=O) groups is 2. The zero-order chi connectivity index (χ0) is 17.1. The average molecular weight is 323 g/mol. The highest BCUT2D eigenvalue weighted by atomic mass is 16.4. The fraction of sp³-hybridized carbons (Fsp3) is 0.300. The van der Waals surface area contributed by atoms with E-state index in [-0.39, 0.29) is 11.5 Å². The number of piperidine rings is 1. The maximum atomic E-state index is 12.6. The SMILES string of the molecule is Cc1ccccc1C1CCN(C(=O)c2cccc(C(=O)O)c2)CC1. The fourth-order valence-corrected chi connectivity index (χ4v) is 3.41. The Kier molecular flexibility index (Phi) is 4.65. The monoisotopic (exact) mass is 323 g/mol. The topological polar surface area (TPSA) is 57.6 Å². The Morgan fingerprint density at radius 1 is 1.00 bits per heavy atom. The van der Waals surface area contributed by atoms with Gasteiger partial charge < -0.3 is 10.0 Å². The minimum atomic E-state index is -1.01. The number of carboxylic acid groups (broad SMARTS) is 1. The molecular weight excluding hydrogens is 302 g/mol. The van der Waals surface area contributed by atoms with E-state index < -0.39 is 5.97 Å². The number of hydrogen-bond acceptors (Lipinski definition) is 2. The zero-order valence-corrected chi connectivity index (χ0v) is 13.7. The predicted octanol–water partition coefficient (Wildman–Crippen LogP) is 3.71. The molecule has 0 unspecified atom stereocenters. The van der Waals surface area contributed by atoms with Gasteiger partial charge in [0.2, 0.25) is 0 Å². The zero-order valence-electron chi connectivity index (χ0n) is 13.7. The first-order chi connectivity index (χ1) is 11.6. The van der Waals surface area contributed by atoms with Crippen molar-refractivity contribution < 1.29 is 14.7 Å². The predicted molar refractivity (Wildman–Crippen MR) is 92.5 cm³/mol. The van der Waals surface area contributed by atoms with Gasteiger partial charge in [-0.2, -0.15) is 0 Å². The van der Waals surface area contributed by atoms with Gasteiger partial charge in [0.1, 0.15) is 0 Å². The number of rotatable bonds is 3. The molecule has 0 aliphatic carbocycles. The molecule has 0 spiro atoms. The van der Waals surface area contributed by atoms with Crippen LogP contribution in [-0.4, -0.2) is 35.0 Å². The summed E-state index contributed by atoms with van der Waals surface area (Å²) >= 11 is 0. The van der Waals surface area contributed by atoms with Crippen molar-refractivity contribution in [3.05, 3.63) is 70.8 Å². The van der Waals surface area contributed by atoms with Gasteiger partial charge >= 0.3 is 5.97 Å². The van der Waals surface area contributed by atoms with Crippen LogP contribution < -0.4 is 0 Å². The van der Waals surface area contributed by atoms with Crippen LogP contribution in [0.2, 0.25) is 0 Å². The largest absolute Gasteiger partial charge is 0.478 e. The van der Waals surface area contributed by atoms with Gasteiger partial charge in [-0.05, 0) is 55.0 Å². The molecule has 4 nitrogen and oxygen atoms in total. The molecule has 0 saturated carbocycles. The number of nitrogens with zero attached hydrogens (tertiary/aromatic N) is 1. The number of amides is 1. The second-order valence-electron chi connectivity index (χ2n) is 6.31. The quantitative estimate of drug-likeness (QED) is 0.936. The van der Waals surface area contributed by atoms with Crippen molar-refractivity contribution in [2.24, 2.45) is 0 Å².